The van der Waals surface area contributed by atoms with Gasteiger partial charge in [0.05, 0.1) is 12.1 Å². The average molecular weight is 1020 g/mol. The van der Waals surface area contributed by atoms with Crippen molar-refractivity contribution >= 4 is 53.2 Å². The van der Waals surface area contributed by atoms with E-state index in [1.54, 1.807) is 26.1 Å². The van der Waals surface area contributed by atoms with Crippen LogP contribution in [0.25, 0.3) is 11.1 Å². The van der Waals surface area contributed by atoms with Gasteiger partial charge in [-0.3, -0.25) is 43.3 Å². The summed E-state index contributed by atoms with van der Waals surface area (Å²) in [4.78, 5) is 116. The molecule has 22 heteroatoms. The molecular formula is C51H67F2N9O11. The molecular weight excluding hydrogens is 953 g/mol. The maximum Gasteiger partial charge on any atom is 0.326 e. The molecule has 73 heavy (non-hydrogen) atoms. The average Bonchev–Trinajstić information content (AvgIpc) is 3.88. The normalized spacial score (nSPS) is 14.5. The van der Waals surface area contributed by atoms with E-state index in [1.165, 1.54) is 11.8 Å². The van der Waals surface area contributed by atoms with Crippen LogP contribution in [0.15, 0.2) is 72.9 Å². The van der Waals surface area contributed by atoms with Gasteiger partial charge in [-0.25, -0.2) is 13.6 Å². The fourth-order valence-electron chi connectivity index (χ4n) is 8.14. The fourth-order valence-corrected chi connectivity index (χ4v) is 8.14. The number of benzene rings is 2. The summed E-state index contributed by atoms with van der Waals surface area (Å²) in [5, 5.41) is 32.5. The van der Waals surface area contributed by atoms with Crippen LogP contribution in [0.5, 0.6) is 0 Å². The summed E-state index contributed by atoms with van der Waals surface area (Å²) in [5.41, 5.74) is 7.45. The number of imide groups is 1. The Bertz CT molecular complexity index is 2490. The van der Waals surface area contributed by atoms with Crippen LogP contribution < -0.4 is 32.3 Å². The first-order chi connectivity index (χ1) is 34.4. The molecule has 0 fully saturated rings. The van der Waals surface area contributed by atoms with Crippen molar-refractivity contribution in [3.63, 3.8) is 0 Å². The number of aliphatic hydroxyl groups is 1. The van der Waals surface area contributed by atoms with E-state index in [0.717, 1.165) is 35.9 Å². The molecule has 0 bridgehead atoms. The van der Waals surface area contributed by atoms with Crippen LogP contribution in [0, 0.1) is 23.0 Å². The summed E-state index contributed by atoms with van der Waals surface area (Å²) in [5.74, 6) is -8.43. The van der Waals surface area contributed by atoms with Crippen LogP contribution in [-0.4, -0.2) is 135 Å². The molecule has 0 radical (unpaired) electrons. The van der Waals surface area contributed by atoms with Crippen LogP contribution in [-0.2, 0) is 49.7 Å². The Balaban J connectivity index is 1.25. The first-order valence-electron chi connectivity index (χ1n) is 24.0. The fraction of sp³-hybridized carbons (Fsp3) is 0.471. The van der Waals surface area contributed by atoms with Gasteiger partial charge in [0.1, 0.15) is 42.9 Å². The predicted molar refractivity (Wildman–Crippen MR) is 263 cm³/mol. The zero-order valence-electron chi connectivity index (χ0n) is 41.9. The molecule has 3 aromatic rings. The number of carbonyl (C=O) groups is 9. The number of nitrogens with one attached hydrogen (secondary N) is 5. The van der Waals surface area contributed by atoms with E-state index in [-0.39, 0.29) is 50.9 Å². The number of aliphatic carboxylic acids is 1. The van der Waals surface area contributed by atoms with Crippen LogP contribution in [0.2, 0.25) is 0 Å². The van der Waals surface area contributed by atoms with Gasteiger partial charge in [0.25, 0.3) is 11.8 Å². The number of carboxylic acid groups (broad SMARTS) is 1. The Morgan fingerprint density at radius 2 is 1.47 bits per heavy atom. The number of carbonyl (C=O) groups excluding carboxylic acids is 8. The number of hydrogen-bond donors (Lipinski definition) is 8. The number of hydrogen-bond acceptors (Lipinski definition) is 11. The number of carboxylic acids is 1. The van der Waals surface area contributed by atoms with Crippen LogP contribution >= 0.6 is 0 Å². The minimum Gasteiger partial charge on any atom is -0.480 e. The van der Waals surface area contributed by atoms with E-state index < -0.39 is 120 Å². The van der Waals surface area contributed by atoms with Gasteiger partial charge in [0.15, 0.2) is 0 Å². The molecule has 20 nitrogen and oxygen atoms in total. The third-order valence-electron chi connectivity index (χ3n) is 12.0. The highest BCUT2D eigenvalue weighted by Gasteiger charge is 2.38. The summed E-state index contributed by atoms with van der Waals surface area (Å²) in [7, 11) is 0. The van der Waals surface area contributed by atoms with Crippen LogP contribution in [0.4, 0.5) is 8.78 Å². The van der Waals surface area contributed by atoms with Crippen molar-refractivity contribution in [2.45, 2.75) is 110 Å². The lowest BCUT2D eigenvalue weighted by molar-refractivity contribution is -0.142. The summed E-state index contributed by atoms with van der Waals surface area (Å²) in [6.45, 7) is 9.08. The minimum absolute atomic E-state index is 0.0206. The molecule has 0 saturated heterocycles. The molecule has 1 aromatic heterocycles. The third kappa shape index (κ3) is 17.2. The predicted octanol–water partition coefficient (Wildman–Crippen LogP) is 2.04. The molecule has 2 aromatic carbocycles. The molecule has 0 aliphatic carbocycles. The Labute approximate surface area is 422 Å². The number of amides is 8. The lowest BCUT2D eigenvalue weighted by Gasteiger charge is -2.41. The number of unbranched alkanes of at least 4 members (excludes halogenated alkanes) is 1. The van der Waals surface area contributed by atoms with Crippen molar-refractivity contribution in [1.29, 1.82) is 0 Å². The highest BCUT2D eigenvalue weighted by Crippen LogP contribution is 2.41. The lowest BCUT2D eigenvalue weighted by atomic mass is 9.82. The highest BCUT2D eigenvalue weighted by atomic mass is 19.1. The molecule has 4 unspecified atom stereocenters. The molecule has 396 valence electrons. The van der Waals surface area contributed by atoms with E-state index in [2.05, 4.69) is 26.6 Å². The van der Waals surface area contributed by atoms with Crippen molar-refractivity contribution < 1.29 is 62.1 Å². The van der Waals surface area contributed by atoms with Crippen molar-refractivity contribution in [1.82, 2.24) is 41.0 Å². The van der Waals surface area contributed by atoms with Gasteiger partial charge in [-0.15, -0.1) is 0 Å². The van der Waals surface area contributed by atoms with Gasteiger partial charge in [-0.05, 0) is 73.8 Å². The topological polar surface area (TPSA) is 292 Å². The maximum atomic E-state index is 15.1. The van der Waals surface area contributed by atoms with Gasteiger partial charge in [0.2, 0.25) is 35.4 Å². The van der Waals surface area contributed by atoms with Crippen LogP contribution in [0.3, 0.4) is 0 Å². The number of aromatic nitrogens is 1. The van der Waals surface area contributed by atoms with E-state index in [0.29, 0.717) is 29.1 Å². The molecule has 4 rings (SSSR count). The number of nitrogens with two attached hydrogens (primary N) is 1. The first-order valence-corrected chi connectivity index (χ1v) is 24.0. The van der Waals surface area contributed by atoms with Crippen molar-refractivity contribution in [3.05, 3.63) is 95.8 Å². The Morgan fingerprint density at radius 3 is 2.08 bits per heavy atom. The zero-order valence-corrected chi connectivity index (χ0v) is 41.9. The SMILES string of the molecule is CC(NC(=O)[C@@H](NC(=O)CN1C(=O)C=CC1=O)C(C)C)C(=O)NC(CCCCNC(=O)CCNC(=O)C(N)CCN(C(=O)CO)C(c1cc(-c2cc(F)ccc2F)cn1Cc1ccccc1)C(C)(C)C)C(=O)O. The van der Waals surface area contributed by atoms with Gasteiger partial charge in [-0.1, -0.05) is 65.0 Å². The summed E-state index contributed by atoms with van der Waals surface area (Å²) >= 11 is 0. The Morgan fingerprint density at radius 1 is 0.795 bits per heavy atom. The second kappa shape index (κ2) is 26.9. The van der Waals surface area contributed by atoms with Crippen LogP contribution in [0.1, 0.15) is 90.9 Å². The van der Waals surface area contributed by atoms with Crippen molar-refractivity contribution in [3.8, 4) is 11.1 Å². The largest absolute Gasteiger partial charge is 0.480 e. The number of aliphatic hydroxyl groups excluding tert-OH is 1. The minimum atomic E-state index is -1.34. The Kier molecular flexibility index (Phi) is 21.5. The van der Waals surface area contributed by atoms with E-state index in [9.17, 15) is 57.8 Å². The van der Waals surface area contributed by atoms with Crippen molar-refractivity contribution in [2.75, 3.05) is 32.8 Å². The summed E-state index contributed by atoms with van der Waals surface area (Å²) < 4.78 is 31.3. The smallest absolute Gasteiger partial charge is 0.326 e. The third-order valence-corrected chi connectivity index (χ3v) is 12.0. The maximum absolute atomic E-state index is 15.1. The van der Waals surface area contributed by atoms with Gasteiger partial charge in [-0.2, -0.15) is 0 Å². The molecule has 1 aliphatic rings. The standard InChI is InChI=1S/C51H67F2N9O11/c1-30(2)45(59-41(65)28-62-42(66)17-18-43(62)67)49(71)57-31(3)47(69)58-38(50(72)73)14-10-11-21-55-40(64)19-22-56-48(70)37(54)20-23-61(44(68)29-63)46(51(4,5)6)39-24-33(35-25-34(52)15-16-36(35)53)27-60(39)26-32-12-8-7-9-13-32/h7-9,12-13,15-18,24-25,27,30-31,37-38,45-46,63H,10-11,14,19-23,26,28-29,54H2,1-6H3,(H,55,64)(H,56,70)(H,57,71)(H,58,69)(H,59,65)(H,72,73)/t31?,37?,38?,45-,46?/m0/s1. The molecule has 0 saturated carbocycles. The lowest BCUT2D eigenvalue weighted by Crippen LogP contribution is -2.57. The second-order valence-corrected chi connectivity index (χ2v) is 19.2. The summed E-state index contributed by atoms with van der Waals surface area (Å²) in [6.07, 6.45) is 4.12. The summed E-state index contributed by atoms with van der Waals surface area (Å²) in [6, 6.07) is 8.66. The molecule has 5 atom stereocenters. The molecule has 2 heterocycles. The highest BCUT2D eigenvalue weighted by molar-refractivity contribution is 6.14. The number of rotatable bonds is 27. The van der Waals surface area contributed by atoms with Crippen molar-refractivity contribution in [2.24, 2.45) is 17.1 Å². The molecule has 0 spiro atoms. The van der Waals surface area contributed by atoms with E-state index in [1.807, 2.05) is 55.7 Å². The second-order valence-electron chi connectivity index (χ2n) is 19.2. The number of halogens is 2. The monoisotopic (exact) mass is 1020 g/mol. The first kappa shape index (κ1) is 58.2. The van der Waals surface area contributed by atoms with Gasteiger partial charge < -0.3 is 52.0 Å². The molecule has 1 aliphatic heterocycles. The number of nitrogens with zero attached hydrogens (tertiary/aromatic N) is 3. The van der Waals surface area contributed by atoms with E-state index in [4.69, 9.17) is 5.73 Å². The van der Waals surface area contributed by atoms with E-state index >= 15 is 4.39 Å². The zero-order chi connectivity index (χ0) is 54.2. The quantitative estimate of drug-likeness (QED) is 0.0402. The van der Waals surface area contributed by atoms with Gasteiger partial charge >= 0.3 is 5.97 Å². The Hall–Kier alpha value is -7.33. The van der Waals surface area contributed by atoms with Gasteiger partial charge in [0, 0.05) is 67.8 Å². The molecule has 8 amide bonds. The molecule has 9 N–H and O–H groups in total.